The average molecular weight is 497 g/mol. The highest BCUT2D eigenvalue weighted by Crippen LogP contribution is 2.12. The smallest absolute Gasteiger partial charge is 0.326 e. The van der Waals surface area contributed by atoms with Gasteiger partial charge in [0.25, 0.3) is 0 Å². The highest BCUT2D eigenvalue weighted by molar-refractivity contribution is 7.80. The van der Waals surface area contributed by atoms with Crippen LogP contribution in [0.25, 0.3) is 0 Å². The van der Waals surface area contributed by atoms with Crippen molar-refractivity contribution in [1.82, 2.24) is 16.0 Å². The maximum Gasteiger partial charge on any atom is 0.326 e. The van der Waals surface area contributed by atoms with E-state index < -0.39 is 53.8 Å². The van der Waals surface area contributed by atoms with Gasteiger partial charge in [0, 0.05) is 12.2 Å². The zero-order valence-electron chi connectivity index (χ0n) is 19.9. The van der Waals surface area contributed by atoms with Crippen molar-refractivity contribution in [2.45, 2.75) is 64.7 Å². The van der Waals surface area contributed by atoms with E-state index in [0.29, 0.717) is 12.0 Å². The molecule has 11 heteroatoms. The lowest BCUT2D eigenvalue weighted by Gasteiger charge is -2.26. The van der Waals surface area contributed by atoms with E-state index in [9.17, 15) is 29.4 Å². The van der Waals surface area contributed by atoms with Crippen LogP contribution in [0.15, 0.2) is 24.3 Å². The molecule has 4 atom stereocenters. The Hall–Kier alpha value is -2.79. The molecule has 1 aromatic rings. The second kappa shape index (κ2) is 13.8. The van der Waals surface area contributed by atoms with E-state index in [0.717, 1.165) is 0 Å². The number of nitrogens with one attached hydrogen (secondary N) is 3. The summed E-state index contributed by atoms with van der Waals surface area (Å²) in [5.74, 6) is -3.26. The topological polar surface area (TPSA) is 171 Å². The number of phenolic OH excluding ortho intramolecular Hbond substituents is 1. The Balaban J connectivity index is 3.04. The second-order valence-electron chi connectivity index (χ2n) is 8.98. The van der Waals surface area contributed by atoms with Crippen LogP contribution in [-0.2, 0) is 25.6 Å². The minimum atomic E-state index is -1.20. The largest absolute Gasteiger partial charge is 0.508 e. The lowest BCUT2D eigenvalue weighted by atomic mass is 10.0. The van der Waals surface area contributed by atoms with E-state index in [1.807, 2.05) is 13.8 Å². The summed E-state index contributed by atoms with van der Waals surface area (Å²) in [6.07, 6.45) is 0.465. The van der Waals surface area contributed by atoms with Gasteiger partial charge in [-0.3, -0.25) is 14.4 Å². The first-order valence-electron chi connectivity index (χ1n) is 11.1. The number of benzene rings is 1. The standard InChI is InChI=1S/C23H36N4O6S/c1-12(2)9-16(24)20(29)26-18(11-34)22(31)25-17(10-14-5-7-15(28)8-6-14)21(30)27-19(13(3)4)23(32)33/h5-8,12-13,16-19,28,34H,9-11,24H2,1-4H3,(H,25,31)(H,26,29)(H,27,30)(H,32,33). The van der Waals surface area contributed by atoms with Gasteiger partial charge in [-0.15, -0.1) is 0 Å². The number of amides is 3. The molecule has 0 saturated heterocycles. The summed E-state index contributed by atoms with van der Waals surface area (Å²) in [5.41, 5.74) is 6.51. The highest BCUT2D eigenvalue weighted by Gasteiger charge is 2.31. The Morgan fingerprint density at radius 2 is 1.44 bits per heavy atom. The van der Waals surface area contributed by atoms with Crippen LogP contribution < -0.4 is 21.7 Å². The summed E-state index contributed by atoms with van der Waals surface area (Å²) in [6, 6.07) is 1.91. The molecule has 0 heterocycles. The van der Waals surface area contributed by atoms with Crippen molar-refractivity contribution in [2.75, 3.05) is 5.75 Å². The molecule has 0 aromatic heterocycles. The van der Waals surface area contributed by atoms with E-state index in [1.54, 1.807) is 26.0 Å². The summed E-state index contributed by atoms with van der Waals surface area (Å²) >= 11 is 4.14. The number of aromatic hydroxyl groups is 1. The minimum absolute atomic E-state index is 0.0301. The van der Waals surface area contributed by atoms with Crippen molar-refractivity contribution in [3.05, 3.63) is 29.8 Å². The van der Waals surface area contributed by atoms with E-state index in [-0.39, 0.29) is 23.8 Å². The second-order valence-corrected chi connectivity index (χ2v) is 9.35. The number of carbonyl (C=O) groups is 4. The number of carboxylic acids is 1. The predicted octanol–water partition coefficient (Wildman–Crippen LogP) is 0.433. The van der Waals surface area contributed by atoms with Gasteiger partial charge in [0.2, 0.25) is 17.7 Å². The third kappa shape index (κ3) is 9.60. The van der Waals surface area contributed by atoms with Gasteiger partial charge in [0.1, 0.15) is 23.9 Å². The number of phenols is 1. The maximum absolute atomic E-state index is 13.0. The summed E-state index contributed by atoms with van der Waals surface area (Å²) in [7, 11) is 0. The number of nitrogens with two attached hydrogens (primary N) is 1. The van der Waals surface area contributed by atoms with Crippen molar-refractivity contribution in [3.8, 4) is 5.75 Å². The monoisotopic (exact) mass is 496 g/mol. The lowest BCUT2D eigenvalue weighted by Crippen LogP contribution is -2.58. The number of thiol groups is 1. The molecule has 0 aliphatic rings. The van der Waals surface area contributed by atoms with Crippen molar-refractivity contribution in [2.24, 2.45) is 17.6 Å². The molecular formula is C23H36N4O6S. The Morgan fingerprint density at radius 1 is 0.912 bits per heavy atom. The first-order chi connectivity index (χ1) is 15.8. The number of rotatable bonds is 13. The average Bonchev–Trinajstić information content (AvgIpc) is 2.75. The van der Waals surface area contributed by atoms with Crippen LogP contribution in [0.4, 0.5) is 0 Å². The first kappa shape index (κ1) is 29.2. The van der Waals surface area contributed by atoms with Crippen LogP contribution >= 0.6 is 12.6 Å². The van der Waals surface area contributed by atoms with E-state index in [1.165, 1.54) is 12.1 Å². The molecular weight excluding hydrogens is 460 g/mol. The first-order valence-corrected chi connectivity index (χ1v) is 11.8. The maximum atomic E-state index is 13.0. The number of aliphatic carboxylic acids is 1. The zero-order chi connectivity index (χ0) is 26.0. The van der Waals surface area contributed by atoms with Crippen molar-refractivity contribution < 1.29 is 29.4 Å². The fourth-order valence-corrected chi connectivity index (χ4v) is 3.46. The SMILES string of the molecule is CC(C)CC(N)C(=O)NC(CS)C(=O)NC(Cc1ccc(O)cc1)C(=O)NC(C(=O)O)C(C)C. The van der Waals surface area contributed by atoms with E-state index >= 15 is 0 Å². The quantitative estimate of drug-likeness (QED) is 0.194. The number of hydrogen-bond acceptors (Lipinski definition) is 7. The molecule has 0 aliphatic heterocycles. The number of carbonyl (C=O) groups excluding carboxylic acids is 3. The third-order valence-corrected chi connectivity index (χ3v) is 5.48. The summed E-state index contributed by atoms with van der Waals surface area (Å²) in [5, 5.41) is 26.5. The van der Waals surface area contributed by atoms with Crippen LogP contribution in [0.5, 0.6) is 5.75 Å². The molecule has 1 aromatic carbocycles. The van der Waals surface area contributed by atoms with E-state index in [4.69, 9.17) is 5.73 Å². The van der Waals surface area contributed by atoms with Crippen LogP contribution in [0.3, 0.4) is 0 Å². The molecule has 7 N–H and O–H groups in total. The summed E-state index contributed by atoms with van der Waals surface area (Å²) in [6.45, 7) is 7.15. The molecule has 0 aliphatic carbocycles. The van der Waals surface area contributed by atoms with Crippen molar-refractivity contribution in [1.29, 1.82) is 0 Å². The number of hydrogen-bond donors (Lipinski definition) is 7. The fourth-order valence-electron chi connectivity index (χ4n) is 3.20. The Kier molecular flexibility index (Phi) is 11.9. The molecule has 1 rings (SSSR count). The van der Waals surface area contributed by atoms with Crippen LogP contribution in [0, 0.1) is 11.8 Å². The lowest BCUT2D eigenvalue weighted by molar-refractivity contribution is -0.143. The zero-order valence-corrected chi connectivity index (χ0v) is 20.8. The molecule has 0 radical (unpaired) electrons. The van der Waals surface area contributed by atoms with Crippen molar-refractivity contribution in [3.63, 3.8) is 0 Å². The van der Waals surface area contributed by atoms with Gasteiger partial charge in [0.15, 0.2) is 0 Å². The van der Waals surface area contributed by atoms with Crippen LogP contribution in [0.2, 0.25) is 0 Å². The van der Waals surface area contributed by atoms with Gasteiger partial charge in [-0.1, -0.05) is 39.8 Å². The minimum Gasteiger partial charge on any atom is -0.508 e. The van der Waals surface area contributed by atoms with Gasteiger partial charge in [0.05, 0.1) is 6.04 Å². The Bertz CT molecular complexity index is 846. The summed E-state index contributed by atoms with van der Waals surface area (Å²) < 4.78 is 0. The predicted molar refractivity (Wildman–Crippen MR) is 131 cm³/mol. The molecule has 0 bridgehead atoms. The number of carboxylic acid groups (broad SMARTS) is 1. The van der Waals surface area contributed by atoms with Gasteiger partial charge in [-0.25, -0.2) is 4.79 Å². The van der Waals surface area contributed by atoms with Gasteiger partial charge in [-0.2, -0.15) is 12.6 Å². The Labute approximate surface area is 205 Å². The molecule has 34 heavy (non-hydrogen) atoms. The molecule has 3 amide bonds. The Morgan fingerprint density at radius 3 is 1.91 bits per heavy atom. The van der Waals surface area contributed by atoms with Crippen LogP contribution in [-0.4, -0.2) is 63.8 Å². The van der Waals surface area contributed by atoms with Gasteiger partial charge in [-0.05, 0) is 36.0 Å². The fraction of sp³-hybridized carbons (Fsp3) is 0.565. The van der Waals surface area contributed by atoms with Crippen LogP contribution in [0.1, 0.15) is 39.7 Å². The molecule has 0 spiro atoms. The molecule has 0 fully saturated rings. The molecule has 10 nitrogen and oxygen atoms in total. The van der Waals surface area contributed by atoms with Crippen molar-refractivity contribution >= 4 is 36.3 Å². The third-order valence-electron chi connectivity index (χ3n) is 5.12. The normalized spacial score (nSPS) is 14.7. The van der Waals surface area contributed by atoms with Gasteiger partial charge >= 0.3 is 5.97 Å². The molecule has 0 saturated carbocycles. The molecule has 190 valence electrons. The highest BCUT2D eigenvalue weighted by atomic mass is 32.1. The van der Waals surface area contributed by atoms with Gasteiger partial charge < -0.3 is 31.9 Å². The van der Waals surface area contributed by atoms with E-state index in [2.05, 4.69) is 28.6 Å². The summed E-state index contributed by atoms with van der Waals surface area (Å²) in [4.78, 5) is 49.8. The molecule has 4 unspecified atom stereocenters.